The molecule has 0 unspecified atom stereocenters. The Bertz CT molecular complexity index is 961. The number of nitrogens with zero attached hydrogens (tertiary/aromatic N) is 1. The third-order valence-electron chi connectivity index (χ3n) is 4.74. The summed E-state index contributed by atoms with van der Waals surface area (Å²) in [5, 5.41) is 1.83. The fraction of sp³-hybridized carbons (Fsp3) is 0.227. The van der Waals surface area contributed by atoms with Gasteiger partial charge in [-0.25, -0.2) is 0 Å². The van der Waals surface area contributed by atoms with Crippen molar-refractivity contribution in [2.45, 2.75) is 4.90 Å². The van der Waals surface area contributed by atoms with E-state index in [2.05, 4.69) is 4.90 Å². The number of anilines is 1. The highest BCUT2D eigenvalue weighted by Crippen LogP contribution is 2.40. The molecule has 28 heavy (non-hydrogen) atoms. The van der Waals surface area contributed by atoms with Gasteiger partial charge in [0.05, 0.1) is 23.1 Å². The predicted octanol–water partition coefficient (Wildman–Crippen LogP) is 5.86. The van der Waals surface area contributed by atoms with Crippen LogP contribution in [0.2, 0.25) is 5.02 Å². The van der Waals surface area contributed by atoms with Crippen LogP contribution in [0.4, 0.5) is 5.00 Å². The first-order chi connectivity index (χ1) is 13.7. The minimum Gasteiger partial charge on any atom is -0.378 e. The fourth-order valence-electron chi connectivity index (χ4n) is 3.22. The summed E-state index contributed by atoms with van der Waals surface area (Å²) in [4.78, 5) is 17.3. The zero-order valence-electron chi connectivity index (χ0n) is 15.5. The molecule has 1 saturated heterocycles. The lowest BCUT2D eigenvalue weighted by atomic mass is 10.1. The number of thioether (sulfide) groups is 1. The average Bonchev–Trinajstić information content (AvgIpc) is 3.20. The first kappa shape index (κ1) is 19.5. The van der Waals surface area contributed by atoms with E-state index in [-0.39, 0.29) is 5.78 Å². The van der Waals surface area contributed by atoms with Crippen molar-refractivity contribution in [3.63, 3.8) is 0 Å². The van der Waals surface area contributed by atoms with Crippen molar-refractivity contribution < 1.29 is 9.53 Å². The van der Waals surface area contributed by atoms with Crippen molar-refractivity contribution >= 4 is 45.5 Å². The number of halogens is 1. The molecule has 1 fully saturated rings. The van der Waals surface area contributed by atoms with Crippen LogP contribution >= 0.6 is 34.7 Å². The Morgan fingerprint density at radius 1 is 1.07 bits per heavy atom. The number of thiophene rings is 1. The van der Waals surface area contributed by atoms with Crippen LogP contribution in [-0.4, -0.2) is 38.3 Å². The monoisotopic (exact) mass is 429 g/mol. The number of rotatable bonds is 5. The fourth-order valence-corrected chi connectivity index (χ4v) is 4.94. The lowest BCUT2D eigenvalue weighted by Gasteiger charge is -2.28. The van der Waals surface area contributed by atoms with Crippen molar-refractivity contribution in [2.24, 2.45) is 0 Å². The maximum atomic E-state index is 13.1. The lowest BCUT2D eigenvalue weighted by molar-refractivity contribution is 0.104. The number of morpholine rings is 1. The van der Waals surface area contributed by atoms with Crippen LogP contribution in [0.25, 0.3) is 11.1 Å². The summed E-state index contributed by atoms with van der Waals surface area (Å²) < 4.78 is 5.50. The summed E-state index contributed by atoms with van der Waals surface area (Å²) in [5.41, 5.74) is 2.86. The van der Waals surface area contributed by atoms with Crippen LogP contribution in [0.5, 0.6) is 0 Å². The Morgan fingerprint density at radius 3 is 2.39 bits per heavy atom. The van der Waals surface area contributed by atoms with E-state index in [4.69, 9.17) is 16.3 Å². The molecule has 1 aromatic heterocycles. The van der Waals surface area contributed by atoms with Crippen LogP contribution in [-0.2, 0) is 4.74 Å². The summed E-state index contributed by atoms with van der Waals surface area (Å²) in [5.74, 6) is 0.0624. The number of carbonyl (C=O) groups excluding carboxylic acids is 1. The Hall–Kier alpha value is -1.79. The molecule has 1 aliphatic heterocycles. The number of benzene rings is 2. The molecule has 0 bridgehead atoms. The van der Waals surface area contributed by atoms with Gasteiger partial charge in [-0.2, -0.15) is 0 Å². The molecular formula is C22H20ClNO2S2. The maximum absolute atomic E-state index is 13.1. The molecule has 0 aliphatic carbocycles. The third kappa shape index (κ3) is 4.13. The second-order valence-corrected chi connectivity index (χ2v) is 8.84. The second-order valence-electron chi connectivity index (χ2n) is 6.49. The quantitative estimate of drug-likeness (QED) is 0.375. The lowest BCUT2D eigenvalue weighted by Crippen LogP contribution is -2.35. The number of hydrogen-bond donors (Lipinski definition) is 0. The van der Waals surface area contributed by atoms with Gasteiger partial charge in [-0.05, 0) is 54.3 Å². The minimum atomic E-state index is 0.0624. The zero-order chi connectivity index (χ0) is 19.5. The first-order valence-electron chi connectivity index (χ1n) is 9.07. The van der Waals surface area contributed by atoms with Crippen LogP contribution in [0.3, 0.4) is 0 Å². The van der Waals surface area contributed by atoms with Crippen molar-refractivity contribution in [3.05, 3.63) is 70.1 Å². The van der Waals surface area contributed by atoms with E-state index in [1.54, 1.807) is 23.1 Å². The van der Waals surface area contributed by atoms with Crippen molar-refractivity contribution in [1.29, 1.82) is 0 Å². The van der Waals surface area contributed by atoms with Gasteiger partial charge in [0.15, 0.2) is 0 Å². The summed E-state index contributed by atoms with van der Waals surface area (Å²) in [7, 11) is 0. The summed E-state index contributed by atoms with van der Waals surface area (Å²) in [6, 6.07) is 17.6. The second kappa shape index (κ2) is 8.70. The van der Waals surface area contributed by atoms with E-state index < -0.39 is 0 Å². The highest BCUT2D eigenvalue weighted by Gasteiger charge is 2.22. The molecule has 0 radical (unpaired) electrons. The topological polar surface area (TPSA) is 29.5 Å². The van der Waals surface area contributed by atoms with Gasteiger partial charge in [-0.1, -0.05) is 23.7 Å². The summed E-state index contributed by atoms with van der Waals surface area (Å²) >= 11 is 9.30. The van der Waals surface area contributed by atoms with E-state index in [0.29, 0.717) is 18.2 Å². The van der Waals surface area contributed by atoms with E-state index in [9.17, 15) is 4.79 Å². The highest BCUT2D eigenvalue weighted by molar-refractivity contribution is 7.98. The normalized spacial score (nSPS) is 14.3. The van der Waals surface area contributed by atoms with E-state index in [1.807, 2.05) is 60.9 Å². The molecule has 2 heterocycles. The largest absolute Gasteiger partial charge is 0.378 e. The van der Waals surface area contributed by atoms with Crippen LogP contribution in [0.15, 0.2) is 59.5 Å². The van der Waals surface area contributed by atoms with Gasteiger partial charge in [-0.3, -0.25) is 4.79 Å². The van der Waals surface area contributed by atoms with E-state index in [1.165, 1.54) is 0 Å². The van der Waals surface area contributed by atoms with Gasteiger partial charge >= 0.3 is 0 Å². The molecule has 3 nitrogen and oxygen atoms in total. The Labute approximate surface area is 178 Å². The van der Waals surface area contributed by atoms with Crippen molar-refractivity contribution in [3.8, 4) is 11.1 Å². The average molecular weight is 430 g/mol. The summed E-state index contributed by atoms with van der Waals surface area (Å²) in [6.45, 7) is 3.07. The molecule has 144 valence electrons. The molecule has 6 heteroatoms. The van der Waals surface area contributed by atoms with Gasteiger partial charge in [0.25, 0.3) is 0 Å². The Balaban J connectivity index is 1.73. The highest BCUT2D eigenvalue weighted by atomic mass is 35.5. The standard InChI is InChI=1S/C22H20ClNO2S2/c1-27-18-8-4-16(5-9-18)21(25)20-14-19(15-2-6-17(23)7-3-15)22(28-20)24-10-12-26-13-11-24/h2-9,14H,10-13H2,1H3. The molecule has 2 aromatic carbocycles. The van der Waals surface area contributed by atoms with Gasteiger partial charge in [0, 0.05) is 34.1 Å². The molecule has 0 atom stereocenters. The van der Waals surface area contributed by atoms with Crippen LogP contribution < -0.4 is 4.90 Å². The number of ether oxygens (including phenoxy) is 1. The molecule has 1 aliphatic rings. The number of hydrogen-bond acceptors (Lipinski definition) is 5. The Morgan fingerprint density at radius 2 is 1.75 bits per heavy atom. The van der Waals surface area contributed by atoms with Crippen molar-refractivity contribution in [2.75, 3.05) is 37.5 Å². The molecule has 0 spiro atoms. The predicted molar refractivity (Wildman–Crippen MR) is 119 cm³/mol. The van der Waals surface area contributed by atoms with Gasteiger partial charge in [0.2, 0.25) is 5.78 Å². The molecule has 4 rings (SSSR count). The number of carbonyl (C=O) groups is 1. The zero-order valence-corrected chi connectivity index (χ0v) is 17.9. The maximum Gasteiger partial charge on any atom is 0.203 e. The minimum absolute atomic E-state index is 0.0624. The molecule has 0 amide bonds. The molecule has 3 aromatic rings. The third-order valence-corrected chi connectivity index (χ3v) is 6.93. The number of ketones is 1. The van der Waals surface area contributed by atoms with E-state index >= 15 is 0 Å². The molecule has 0 N–H and O–H groups in total. The molecular weight excluding hydrogens is 410 g/mol. The van der Waals surface area contributed by atoms with E-state index in [0.717, 1.165) is 44.6 Å². The molecule has 0 saturated carbocycles. The van der Waals surface area contributed by atoms with Crippen LogP contribution in [0, 0.1) is 0 Å². The van der Waals surface area contributed by atoms with Gasteiger partial charge in [0.1, 0.15) is 0 Å². The summed E-state index contributed by atoms with van der Waals surface area (Å²) in [6.07, 6.45) is 2.03. The smallest absolute Gasteiger partial charge is 0.203 e. The van der Waals surface area contributed by atoms with Crippen LogP contribution in [0.1, 0.15) is 15.2 Å². The van der Waals surface area contributed by atoms with Gasteiger partial charge < -0.3 is 9.64 Å². The van der Waals surface area contributed by atoms with Crippen molar-refractivity contribution in [1.82, 2.24) is 0 Å². The first-order valence-corrected chi connectivity index (χ1v) is 11.5. The Kier molecular flexibility index (Phi) is 6.07. The van der Waals surface area contributed by atoms with Gasteiger partial charge in [-0.15, -0.1) is 23.1 Å². The SMILES string of the molecule is CSc1ccc(C(=O)c2cc(-c3ccc(Cl)cc3)c(N3CCOCC3)s2)cc1.